The number of nitrogens with zero attached hydrogens (tertiary/aromatic N) is 2. The summed E-state index contributed by atoms with van der Waals surface area (Å²) in [5, 5.41) is 3.11. The quantitative estimate of drug-likeness (QED) is 0.841. The molecule has 0 spiro atoms. The highest BCUT2D eigenvalue weighted by atomic mass is 79.9. The van der Waals surface area contributed by atoms with Crippen molar-refractivity contribution in [1.82, 2.24) is 9.97 Å². The highest BCUT2D eigenvalue weighted by molar-refractivity contribution is 9.10. The number of pyridine rings is 2. The molecular formula is C11H6BrCl2N3O. The molecule has 0 saturated carbocycles. The van der Waals surface area contributed by atoms with Crippen LogP contribution in [0.15, 0.2) is 35.1 Å². The topological polar surface area (TPSA) is 54.9 Å². The number of carbonyl (C=O) groups is 1. The highest BCUT2D eigenvalue weighted by Gasteiger charge is 2.10. The van der Waals surface area contributed by atoms with E-state index in [9.17, 15) is 4.79 Å². The fourth-order valence-corrected chi connectivity index (χ4v) is 1.90. The molecule has 0 fully saturated rings. The van der Waals surface area contributed by atoms with E-state index in [1.54, 1.807) is 18.3 Å². The monoisotopic (exact) mass is 345 g/mol. The Hall–Kier alpha value is -1.17. The van der Waals surface area contributed by atoms with Crippen molar-refractivity contribution in [2.75, 3.05) is 5.32 Å². The van der Waals surface area contributed by atoms with Crippen LogP contribution in [0.5, 0.6) is 0 Å². The summed E-state index contributed by atoms with van der Waals surface area (Å²) in [6.07, 6.45) is 3.00. The zero-order chi connectivity index (χ0) is 13.1. The minimum absolute atomic E-state index is 0.215. The van der Waals surface area contributed by atoms with Crippen molar-refractivity contribution < 1.29 is 4.79 Å². The van der Waals surface area contributed by atoms with Gasteiger partial charge in [-0.05, 0) is 34.1 Å². The van der Waals surface area contributed by atoms with E-state index < -0.39 is 0 Å². The van der Waals surface area contributed by atoms with Crippen LogP contribution in [0.3, 0.4) is 0 Å². The van der Waals surface area contributed by atoms with Crippen LogP contribution in [-0.4, -0.2) is 15.9 Å². The van der Waals surface area contributed by atoms with E-state index in [0.717, 1.165) is 4.47 Å². The predicted molar refractivity (Wildman–Crippen MR) is 74.1 cm³/mol. The number of nitrogens with one attached hydrogen (secondary N) is 1. The lowest BCUT2D eigenvalue weighted by Crippen LogP contribution is -2.12. The van der Waals surface area contributed by atoms with E-state index in [2.05, 4.69) is 31.2 Å². The minimum Gasteiger partial charge on any atom is -0.319 e. The van der Waals surface area contributed by atoms with Gasteiger partial charge in [-0.1, -0.05) is 23.2 Å². The van der Waals surface area contributed by atoms with E-state index in [0.29, 0.717) is 11.3 Å². The molecule has 0 aliphatic rings. The molecule has 0 unspecified atom stereocenters. The van der Waals surface area contributed by atoms with Gasteiger partial charge in [0.05, 0.1) is 5.69 Å². The third kappa shape index (κ3) is 3.19. The van der Waals surface area contributed by atoms with Gasteiger partial charge >= 0.3 is 0 Å². The Kier molecular flexibility index (Phi) is 4.16. The molecule has 0 bridgehead atoms. The number of amides is 1. The fraction of sp³-hybridized carbons (Fsp3) is 0. The molecule has 0 aliphatic heterocycles. The number of anilines is 1. The molecular weight excluding hydrogens is 341 g/mol. The number of hydrogen-bond donors (Lipinski definition) is 1. The molecule has 0 aliphatic carbocycles. The first-order valence-electron chi connectivity index (χ1n) is 4.80. The van der Waals surface area contributed by atoms with Crippen molar-refractivity contribution in [3.8, 4) is 0 Å². The molecule has 1 amide bonds. The van der Waals surface area contributed by atoms with Crippen LogP contribution in [0.25, 0.3) is 0 Å². The number of hydrogen-bond acceptors (Lipinski definition) is 3. The van der Waals surface area contributed by atoms with Gasteiger partial charge in [-0.2, -0.15) is 0 Å². The largest absolute Gasteiger partial charge is 0.319 e. The van der Waals surface area contributed by atoms with Gasteiger partial charge in [-0.15, -0.1) is 0 Å². The summed E-state index contributed by atoms with van der Waals surface area (Å²) in [5.41, 5.74) is 0.815. The van der Waals surface area contributed by atoms with Crippen molar-refractivity contribution in [3.05, 3.63) is 50.9 Å². The molecule has 92 valence electrons. The number of carbonyl (C=O) groups excluding carboxylic acids is 1. The summed E-state index contributed by atoms with van der Waals surface area (Å²) >= 11 is 14.8. The van der Waals surface area contributed by atoms with Gasteiger partial charge in [0, 0.05) is 22.4 Å². The van der Waals surface area contributed by atoms with Crippen molar-refractivity contribution >= 4 is 50.7 Å². The van der Waals surface area contributed by atoms with Crippen LogP contribution in [0.1, 0.15) is 10.4 Å². The van der Waals surface area contributed by atoms with Crippen LogP contribution < -0.4 is 5.32 Å². The Morgan fingerprint density at radius 3 is 2.78 bits per heavy atom. The molecule has 0 atom stereocenters. The third-order valence-corrected chi connectivity index (χ3v) is 2.98. The second-order valence-electron chi connectivity index (χ2n) is 3.31. The summed E-state index contributed by atoms with van der Waals surface area (Å²) < 4.78 is 0.718. The van der Waals surface area contributed by atoms with Crippen LogP contribution >= 0.6 is 39.1 Å². The first-order valence-corrected chi connectivity index (χ1v) is 6.35. The summed E-state index contributed by atoms with van der Waals surface area (Å²) in [6, 6.07) is 4.69. The average molecular weight is 347 g/mol. The number of halogens is 3. The van der Waals surface area contributed by atoms with E-state index in [4.69, 9.17) is 23.2 Å². The van der Waals surface area contributed by atoms with Gasteiger partial charge < -0.3 is 5.32 Å². The maximum Gasteiger partial charge on any atom is 0.255 e. The molecule has 4 nitrogen and oxygen atoms in total. The van der Waals surface area contributed by atoms with Crippen LogP contribution in [0.4, 0.5) is 5.69 Å². The van der Waals surface area contributed by atoms with Crippen LogP contribution in [0.2, 0.25) is 10.3 Å². The van der Waals surface area contributed by atoms with Gasteiger partial charge in [0.15, 0.2) is 5.15 Å². The van der Waals surface area contributed by atoms with Crippen molar-refractivity contribution in [2.24, 2.45) is 0 Å². The fourth-order valence-electron chi connectivity index (χ4n) is 1.25. The Morgan fingerprint density at radius 2 is 2.06 bits per heavy atom. The van der Waals surface area contributed by atoms with Crippen molar-refractivity contribution in [3.63, 3.8) is 0 Å². The molecule has 18 heavy (non-hydrogen) atoms. The number of rotatable bonds is 2. The highest BCUT2D eigenvalue weighted by Crippen LogP contribution is 2.23. The van der Waals surface area contributed by atoms with Gasteiger partial charge in [0.25, 0.3) is 5.91 Å². The zero-order valence-corrected chi connectivity index (χ0v) is 11.9. The molecule has 2 heterocycles. The van der Waals surface area contributed by atoms with E-state index in [1.165, 1.54) is 12.3 Å². The van der Waals surface area contributed by atoms with Gasteiger partial charge in [0.2, 0.25) is 0 Å². The summed E-state index contributed by atoms with van der Waals surface area (Å²) in [5.74, 6) is -0.332. The first kappa shape index (κ1) is 13.3. The first-order chi connectivity index (χ1) is 8.56. The van der Waals surface area contributed by atoms with Crippen molar-refractivity contribution in [2.45, 2.75) is 0 Å². The maximum absolute atomic E-state index is 11.9. The summed E-state index contributed by atoms with van der Waals surface area (Å²) in [6.45, 7) is 0. The molecule has 1 N–H and O–H groups in total. The summed E-state index contributed by atoms with van der Waals surface area (Å²) in [7, 11) is 0. The van der Waals surface area contributed by atoms with Gasteiger partial charge in [-0.25, -0.2) is 9.97 Å². The maximum atomic E-state index is 11.9. The molecule has 0 saturated heterocycles. The lowest BCUT2D eigenvalue weighted by molar-refractivity contribution is 0.102. The third-order valence-electron chi connectivity index (χ3n) is 2.04. The molecule has 2 rings (SSSR count). The average Bonchev–Trinajstić information content (AvgIpc) is 2.34. The minimum atomic E-state index is -0.332. The normalized spacial score (nSPS) is 10.2. The number of aromatic nitrogens is 2. The predicted octanol–water partition coefficient (Wildman–Crippen LogP) is 3.80. The Labute approximate surface area is 121 Å². The second kappa shape index (κ2) is 5.65. The lowest BCUT2D eigenvalue weighted by atomic mass is 10.2. The molecule has 0 radical (unpaired) electrons. The molecule has 7 heteroatoms. The van der Waals surface area contributed by atoms with E-state index >= 15 is 0 Å². The lowest BCUT2D eigenvalue weighted by Gasteiger charge is -2.07. The van der Waals surface area contributed by atoms with Crippen LogP contribution in [-0.2, 0) is 0 Å². The zero-order valence-electron chi connectivity index (χ0n) is 8.82. The summed E-state index contributed by atoms with van der Waals surface area (Å²) in [4.78, 5) is 19.6. The Bertz CT molecular complexity index is 607. The molecule has 2 aromatic rings. The van der Waals surface area contributed by atoms with Crippen LogP contribution in [0, 0.1) is 0 Å². The SMILES string of the molecule is O=C(Nc1cc(Br)cnc1Cl)c1ccnc(Cl)c1. The van der Waals surface area contributed by atoms with Gasteiger partial charge in [-0.3, -0.25) is 4.79 Å². The molecule has 2 aromatic heterocycles. The van der Waals surface area contributed by atoms with E-state index in [1.807, 2.05) is 0 Å². The van der Waals surface area contributed by atoms with Crippen molar-refractivity contribution in [1.29, 1.82) is 0 Å². The second-order valence-corrected chi connectivity index (χ2v) is 4.97. The van der Waals surface area contributed by atoms with Gasteiger partial charge in [0.1, 0.15) is 5.15 Å². The smallest absolute Gasteiger partial charge is 0.255 e. The van der Waals surface area contributed by atoms with E-state index in [-0.39, 0.29) is 16.2 Å². The Balaban J connectivity index is 2.24. The standard InChI is InChI=1S/C11H6BrCl2N3O/c12-7-4-8(10(14)16-5-7)17-11(18)6-1-2-15-9(13)3-6/h1-5H,(H,17,18). The Morgan fingerprint density at radius 1 is 1.28 bits per heavy atom. The molecule has 0 aromatic carbocycles.